The van der Waals surface area contributed by atoms with E-state index >= 15 is 0 Å². The Morgan fingerprint density at radius 2 is 1.73 bits per heavy atom. The Kier molecular flexibility index (Phi) is 12.0. The highest BCUT2D eigenvalue weighted by Gasteiger charge is 2.33. The van der Waals surface area contributed by atoms with Crippen molar-refractivity contribution < 1.29 is 38.1 Å². The van der Waals surface area contributed by atoms with Crippen molar-refractivity contribution in [2.24, 2.45) is 23.3 Å². The molecule has 220 valence electrons. The minimum atomic E-state index is -0.968. The van der Waals surface area contributed by atoms with Gasteiger partial charge in [-0.2, -0.15) is 0 Å². The van der Waals surface area contributed by atoms with E-state index in [1.54, 1.807) is 40.2 Å². The van der Waals surface area contributed by atoms with E-state index in [0.717, 1.165) is 6.08 Å². The number of ketones is 2. The lowest BCUT2D eigenvalue weighted by Crippen LogP contribution is -2.38. The van der Waals surface area contributed by atoms with Gasteiger partial charge in [-0.25, -0.2) is 4.79 Å². The lowest BCUT2D eigenvalue weighted by Gasteiger charge is -2.32. The van der Waals surface area contributed by atoms with Crippen molar-refractivity contribution >= 4 is 23.6 Å². The van der Waals surface area contributed by atoms with E-state index in [1.807, 2.05) is 19.9 Å². The van der Waals surface area contributed by atoms with Gasteiger partial charge < -0.3 is 35.7 Å². The molecule has 1 unspecified atom stereocenters. The fourth-order valence-electron chi connectivity index (χ4n) is 4.96. The molecule has 1 heterocycles. The predicted molar refractivity (Wildman–Crippen MR) is 149 cm³/mol. The summed E-state index contributed by atoms with van der Waals surface area (Å²) in [6.45, 7) is 7.21. The topological polar surface area (TPSA) is 169 Å². The molecule has 0 saturated carbocycles. The van der Waals surface area contributed by atoms with Gasteiger partial charge in [0.25, 0.3) is 5.91 Å². The van der Waals surface area contributed by atoms with Crippen LogP contribution in [0.25, 0.3) is 0 Å². The van der Waals surface area contributed by atoms with E-state index in [-0.39, 0.29) is 40.8 Å². The highest BCUT2D eigenvalue weighted by molar-refractivity contribution is 6.23. The molecule has 6 atom stereocenters. The fourth-order valence-corrected chi connectivity index (χ4v) is 4.96. The van der Waals surface area contributed by atoms with E-state index in [1.165, 1.54) is 13.2 Å². The first kappa shape index (κ1) is 32.7. The van der Waals surface area contributed by atoms with Gasteiger partial charge in [0, 0.05) is 44.5 Å². The largest absolute Gasteiger partial charge is 0.439 e. The second kappa shape index (κ2) is 14.7. The zero-order valence-electron chi connectivity index (χ0n) is 24.2. The Hall–Kier alpha value is -3.54. The number of nitrogens with two attached hydrogens (primary N) is 2. The van der Waals surface area contributed by atoms with Crippen LogP contribution < -0.4 is 16.8 Å². The number of fused-ring (bicyclic) bond motifs is 2. The molecule has 2 amide bonds. The minimum Gasteiger partial charge on any atom is -0.439 e. The lowest BCUT2D eigenvalue weighted by atomic mass is 9.85. The molecule has 2 bridgehead atoms. The maximum absolute atomic E-state index is 13.2. The summed E-state index contributed by atoms with van der Waals surface area (Å²) in [5.41, 5.74) is 12.2. The summed E-state index contributed by atoms with van der Waals surface area (Å²) in [4.78, 5) is 50.4. The quantitative estimate of drug-likeness (QED) is 0.346. The van der Waals surface area contributed by atoms with Gasteiger partial charge in [0.1, 0.15) is 6.10 Å². The minimum absolute atomic E-state index is 0.133. The van der Waals surface area contributed by atoms with Crippen LogP contribution in [0.1, 0.15) is 40.5 Å². The first-order chi connectivity index (χ1) is 18.8. The number of ether oxygens (including phenoxy) is 4. The van der Waals surface area contributed by atoms with Crippen molar-refractivity contribution in [1.82, 2.24) is 5.32 Å². The van der Waals surface area contributed by atoms with Gasteiger partial charge in [0.05, 0.1) is 23.6 Å². The van der Waals surface area contributed by atoms with Gasteiger partial charge in [-0.3, -0.25) is 14.4 Å². The van der Waals surface area contributed by atoms with Crippen LogP contribution >= 0.6 is 0 Å². The standard InChI is InChI=1S/C29H41N3O8/c1-15-11-19-24(30)21(33)14-20(25(19)34)32-28(35)16(2)9-8-10-22(37-5)27(40-29(31)36)18(4)13-17(3)26(39-7)23(12-15)38-6/h8-10,13-15,17,22-23,26-27H,11-12,30H2,1-7H3,(H2,31,36)(H,32,35)/b10-8-,16-9+,18-13+/t15-,17+,22?,23+,26-,27+/m1/s1. The fraction of sp³-hybridized carbons (Fsp3) is 0.517. The van der Waals surface area contributed by atoms with E-state index in [4.69, 9.17) is 30.4 Å². The molecule has 0 saturated heterocycles. The van der Waals surface area contributed by atoms with Crippen molar-refractivity contribution in [3.8, 4) is 0 Å². The monoisotopic (exact) mass is 559 g/mol. The molecular weight excluding hydrogens is 518 g/mol. The third-order valence-electron chi connectivity index (χ3n) is 7.07. The van der Waals surface area contributed by atoms with Crippen LogP contribution in [0.3, 0.4) is 0 Å². The molecule has 0 aromatic carbocycles. The first-order valence-corrected chi connectivity index (χ1v) is 13.0. The summed E-state index contributed by atoms with van der Waals surface area (Å²) in [5.74, 6) is -1.97. The third-order valence-corrected chi connectivity index (χ3v) is 7.07. The Morgan fingerprint density at radius 1 is 1.05 bits per heavy atom. The number of allylic oxidation sites excluding steroid dienone is 4. The van der Waals surface area contributed by atoms with Crippen molar-refractivity contribution in [1.29, 1.82) is 0 Å². The molecule has 0 radical (unpaired) electrons. The van der Waals surface area contributed by atoms with Crippen LogP contribution in [0.2, 0.25) is 0 Å². The van der Waals surface area contributed by atoms with E-state index in [2.05, 4.69) is 5.32 Å². The second-order valence-corrected chi connectivity index (χ2v) is 10.2. The lowest BCUT2D eigenvalue weighted by molar-refractivity contribution is -0.120. The van der Waals surface area contributed by atoms with E-state index < -0.39 is 48.0 Å². The Labute approximate surface area is 235 Å². The molecule has 0 fully saturated rings. The summed E-state index contributed by atoms with van der Waals surface area (Å²) < 4.78 is 22.6. The van der Waals surface area contributed by atoms with Crippen LogP contribution in [-0.4, -0.2) is 69.3 Å². The second-order valence-electron chi connectivity index (χ2n) is 10.2. The van der Waals surface area contributed by atoms with Gasteiger partial charge in [0.15, 0.2) is 6.10 Å². The number of Topliss-reactive ketones (excluding diaryl/α,β-unsaturated/α-hetero) is 1. The summed E-state index contributed by atoms with van der Waals surface area (Å²) in [5, 5.41) is 2.53. The van der Waals surface area contributed by atoms with Crippen LogP contribution in [0, 0.1) is 11.8 Å². The number of nitrogens with one attached hydrogen (secondary N) is 1. The predicted octanol–water partition coefficient (Wildman–Crippen LogP) is 2.37. The van der Waals surface area contributed by atoms with Gasteiger partial charge in [0.2, 0.25) is 11.6 Å². The molecule has 0 spiro atoms. The number of rotatable bonds is 4. The van der Waals surface area contributed by atoms with Crippen LogP contribution in [0.5, 0.6) is 0 Å². The summed E-state index contributed by atoms with van der Waals surface area (Å²) in [6, 6.07) is 0. The van der Waals surface area contributed by atoms with Crippen LogP contribution in [0.4, 0.5) is 4.79 Å². The molecule has 0 aromatic heterocycles. The summed E-state index contributed by atoms with van der Waals surface area (Å²) in [6.07, 6.45) is 4.94. The van der Waals surface area contributed by atoms with Gasteiger partial charge >= 0.3 is 6.09 Å². The molecule has 40 heavy (non-hydrogen) atoms. The molecule has 11 nitrogen and oxygen atoms in total. The van der Waals surface area contributed by atoms with Crippen LogP contribution in [-0.2, 0) is 33.3 Å². The van der Waals surface area contributed by atoms with Gasteiger partial charge in [-0.1, -0.05) is 38.2 Å². The van der Waals surface area contributed by atoms with Crippen molar-refractivity contribution in [2.45, 2.75) is 65.0 Å². The molecule has 11 heteroatoms. The maximum atomic E-state index is 13.2. The average Bonchev–Trinajstić information content (AvgIpc) is 2.89. The number of amides is 2. The summed E-state index contributed by atoms with van der Waals surface area (Å²) in [7, 11) is 4.60. The van der Waals surface area contributed by atoms with Crippen molar-refractivity contribution in [3.05, 3.63) is 58.5 Å². The summed E-state index contributed by atoms with van der Waals surface area (Å²) >= 11 is 0. The Balaban J connectivity index is 2.61. The van der Waals surface area contributed by atoms with Crippen molar-refractivity contribution in [2.75, 3.05) is 21.3 Å². The van der Waals surface area contributed by atoms with E-state index in [0.29, 0.717) is 12.0 Å². The zero-order valence-corrected chi connectivity index (χ0v) is 24.2. The normalized spacial score (nSPS) is 32.8. The molecule has 1 aliphatic carbocycles. The smallest absolute Gasteiger partial charge is 0.405 e. The van der Waals surface area contributed by atoms with Gasteiger partial charge in [-0.15, -0.1) is 0 Å². The molecular formula is C29H41N3O8. The molecule has 2 rings (SSSR count). The van der Waals surface area contributed by atoms with Crippen molar-refractivity contribution in [3.63, 3.8) is 0 Å². The Bertz CT molecular complexity index is 1150. The van der Waals surface area contributed by atoms with E-state index in [9.17, 15) is 19.2 Å². The Morgan fingerprint density at radius 3 is 2.30 bits per heavy atom. The number of methoxy groups -OCH3 is 3. The number of hydrogen-bond acceptors (Lipinski definition) is 9. The SMILES string of the molecule is COC1/C=C\C=C(/C)C(=O)NC2=CC(=O)C(N)=C(C[C@@H](C)C[C@H](OC)[C@H](OC)[C@@H](C)/C=C(\C)[C@@H]1OC(N)=O)C2=O. The molecule has 0 aromatic rings. The van der Waals surface area contributed by atoms with Crippen LogP contribution in [0.15, 0.2) is 58.5 Å². The first-order valence-electron chi connectivity index (χ1n) is 13.0. The highest BCUT2D eigenvalue weighted by Crippen LogP contribution is 2.29. The average molecular weight is 560 g/mol. The van der Waals surface area contributed by atoms with Gasteiger partial charge in [-0.05, 0) is 38.2 Å². The maximum Gasteiger partial charge on any atom is 0.405 e. The molecule has 2 aliphatic rings. The number of hydrogen-bond donors (Lipinski definition) is 3. The highest BCUT2D eigenvalue weighted by atomic mass is 16.6. The third kappa shape index (κ3) is 8.23. The number of primary amides is 1. The molecule has 1 aliphatic heterocycles. The zero-order chi connectivity index (χ0) is 30.1. The molecule has 5 N–H and O–H groups in total. The number of carbonyl (C=O) groups excluding carboxylic acids is 4. The number of carbonyl (C=O) groups is 4.